The Bertz CT molecular complexity index is 1280. The Balaban J connectivity index is 1.47. The maximum absolute atomic E-state index is 12.9. The Morgan fingerprint density at radius 3 is 2.63 bits per heavy atom. The molecule has 0 saturated carbocycles. The molecular formula is C23H25N5OS. The monoisotopic (exact) mass is 419 g/mol. The van der Waals surface area contributed by atoms with Crippen LogP contribution < -0.4 is 10.5 Å². The lowest BCUT2D eigenvalue weighted by Crippen LogP contribution is -2.42. The number of pyridine rings is 1. The molecule has 1 aliphatic heterocycles. The zero-order valence-corrected chi connectivity index (χ0v) is 18.3. The molecule has 6 nitrogen and oxygen atoms in total. The second-order valence-corrected chi connectivity index (χ2v) is 9.43. The number of thiazole rings is 1. The molecule has 0 aliphatic carbocycles. The molecule has 1 saturated heterocycles. The highest BCUT2D eigenvalue weighted by Crippen LogP contribution is 2.27. The molecule has 154 valence electrons. The van der Waals surface area contributed by atoms with Crippen molar-refractivity contribution in [1.29, 1.82) is 0 Å². The number of fused-ring (bicyclic) bond motifs is 2. The molecule has 0 N–H and O–H groups in total. The van der Waals surface area contributed by atoms with Gasteiger partial charge in [0, 0.05) is 37.0 Å². The molecule has 0 spiro atoms. The molecule has 3 aromatic heterocycles. The number of rotatable bonds is 3. The van der Waals surface area contributed by atoms with Crippen LogP contribution in [-0.4, -0.2) is 52.5 Å². The standard InChI is InChI=1S/C23H25N5OS/c1-15-24-20-12-16(4-6-21(20)30-15)19-13-23(29)28-14-18(5-7-22(28)25-19)27-10-8-17(9-11-27)26(2)3/h4-7,12-14,17H,8-11H2,1-3H3. The highest BCUT2D eigenvalue weighted by molar-refractivity contribution is 7.18. The van der Waals surface area contributed by atoms with E-state index in [1.54, 1.807) is 21.8 Å². The zero-order valence-electron chi connectivity index (χ0n) is 17.5. The first-order valence-corrected chi connectivity index (χ1v) is 11.1. The Labute approximate surface area is 179 Å². The number of benzene rings is 1. The van der Waals surface area contributed by atoms with Crippen LogP contribution in [0.2, 0.25) is 0 Å². The van der Waals surface area contributed by atoms with E-state index in [0.29, 0.717) is 17.4 Å². The van der Waals surface area contributed by atoms with Crippen molar-refractivity contribution in [2.24, 2.45) is 0 Å². The van der Waals surface area contributed by atoms with Gasteiger partial charge in [0.1, 0.15) is 5.65 Å². The number of anilines is 1. The van der Waals surface area contributed by atoms with E-state index >= 15 is 0 Å². The molecule has 1 aliphatic rings. The summed E-state index contributed by atoms with van der Waals surface area (Å²) in [5.41, 5.74) is 4.24. The van der Waals surface area contributed by atoms with E-state index in [1.165, 1.54) is 0 Å². The van der Waals surface area contributed by atoms with Gasteiger partial charge in [-0.15, -0.1) is 11.3 Å². The summed E-state index contributed by atoms with van der Waals surface area (Å²) in [6.45, 7) is 4.01. The van der Waals surface area contributed by atoms with Crippen LogP contribution >= 0.6 is 11.3 Å². The number of nitrogens with zero attached hydrogens (tertiary/aromatic N) is 5. The summed E-state index contributed by atoms with van der Waals surface area (Å²) in [7, 11) is 4.29. The summed E-state index contributed by atoms with van der Waals surface area (Å²) >= 11 is 1.67. The fourth-order valence-electron chi connectivity index (χ4n) is 4.27. The van der Waals surface area contributed by atoms with Gasteiger partial charge in [0.25, 0.3) is 5.56 Å². The van der Waals surface area contributed by atoms with Gasteiger partial charge in [-0.25, -0.2) is 9.97 Å². The third-order valence-electron chi connectivity index (χ3n) is 5.99. The van der Waals surface area contributed by atoms with Crippen LogP contribution in [0.4, 0.5) is 5.69 Å². The second kappa shape index (κ2) is 7.49. The van der Waals surface area contributed by atoms with Gasteiger partial charge in [-0.3, -0.25) is 9.20 Å². The molecule has 0 unspecified atom stereocenters. The van der Waals surface area contributed by atoms with Crippen molar-refractivity contribution in [2.75, 3.05) is 32.1 Å². The van der Waals surface area contributed by atoms with Crippen LogP contribution in [0.5, 0.6) is 0 Å². The summed E-state index contributed by atoms with van der Waals surface area (Å²) in [5.74, 6) is 0. The molecule has 1 aromatic carbocycles. The Hall–Kier alpha value is -2.77. The van der Waals surface area contributed by atoms with E-state index in [9.17, 15) is 4.79 Å². The first-order valence-electron chi connectivity index (χ1n) is 10.3. The molecule has 0 bridgehead atoms. The van der Waals surface area contributed by atoms with E-state index in [1.807, 2.05) is 31.3 Å². The molecule has 7 heteroatoms. The summed E-state index contributed by atoms with van der Waals surface area (Å²) < 4.78 is 2.80. The molecular weight excluding hydrogens is 394 g/mol. The van der Waals surface area contributed by atoms with Gasteiger partial charge in [0.05, 0.1) is 26.6 Å². The van der Waals surface area contributed by atoms with Crippen molar-refractivity contribution < 1.29 is 0 Å². The minimum Gasteiger partial charge on any atom is -0.370 e. The van der Waals surface area contributed by atoms with E-state index in [4.69, 9.17) is 4.98 Å². The first kappa shape index (κ1) is 19.2. The highest BCUT2D eigenvalue weighted by Gasteiger charge is 2.21. The molecule has 0 radical (unpaired) electrons. The first-order chi connectivity index (χ1) is 14.5. The molecule has 4 heterocycles. The van der Waals surface area contributed by atoms with Gasteiger partial charge in [-0.05, 0) is 58.1 Å². The van der Waals surface area contributed by atoms with Crippen molar-refractivity contribution in [2.45, 2.75) is 25.8 Å². The molecule has 0 atom stereocenters. The van der Waals surface area contributed by atoms with Crippen molar-refractivity contribution in [3.63, 3.8) is 0 Å². The average molecular weight is 420 g/mol. The van der Waals surface area contributed by atoms with Crippen molar-refractivity contribution in [3.8, 4) is 11.3 Å². The third-order valence-corrected chi connectivity index (χ3v) is 6.95. The summed E-state index contributed by atoms with van der Waals surface area (Å²) in [6.07, 6.45) is 4.20. The van der Waals surface area contributed by atoms with Gasteiger partial charge in [0.15, 0.2) is 0 Å². The van der Waals surface area contributed by atoms with Crippen LogP contribution in [0.3, 0.4) is 0 Å². The number of aromatic nitrogens is 3. The minimum absolute atomic E-state index is 0.0606. The lowest BCUT2D eigenvalue weighted by atomic mass is 10.0. The van der Waals surface area contributed by atoms with Crippen molar-refractivity contribution >= 4 is 32.9 Å². The largest absolute Gasteiger partial charge is 0.370 e. The summed E-state index contributed by atoms with van der Waals surface area (Å²) in [4.78, 5) is 26.9. The lowest BCUT2D eigenvalue weighted by molar-refractivity contribution is 0.249. The maximum Gasteiger partial charge on any atom is 0.258 e. The van der Waals surface area contributed by atoms with Crippen LogP contribution in [0.25, 0.3) is 27.1 Å². The zero-order chi connectivity index (χ0) is 20.8. The second-order valence-electron chi connectivity index (χ2n) is 8.19. The fourth-order valence-corrected chi connectivity index (χ4v) is 5.08. The Kier molecular flexibility index (Phi) is 4.79. The van der Waals surface area contributed by atoms with E-state index in [0.717, 1.165) is 52.4 Å². The van der Waals surface area contributed by atoms with Gasteiger partial charge >= 0.3 is 0 Å². The molecule has 1 fully saturated rings. The Morgan fingerprint density at radius 1 is 1.07 bits per heavy atom. The number of hydrogen-bond acceptors (Lipinski definition) is 6. The maximum atomic E-state index is 12.9. The molecule has 5 rings (SSSR count). The van der Waals surface area contributed by atoms with E-state index < -0.39 is 0 Å². The van der Waals surface area contributed by atoms with Gasteiger partial charge in [0.2, 0.25) is 0 Å². The smallest absolute Gasteiger partial charge is 0.258 e. The predicted molar refractivity (Wildman–Crippen MR) is 124 cm³/mol. The number of piperidine rings is 1. The van der Waals surface area contributed by atoms with Crippen LogP contribution in [0.1, 0.15) is 17.8 Å². The normalized spacial score (nSPS) is 15.5. The molecule has 30 heavy (non-hydrogen) atoms. The predicted octanol–water partition coefficient (Wildman–Crippen LogP) is 3.81. The average Bonchev–Trinajstić information content (AvgIpc) is 3.12. The third kappa shape index (κ3) is 3.48. The van der Waals surface area contributed by atoms with Crippen LogP contribution in [0.15, 0.2) is 47.4 Å². The van der Waals surface area contributed by atoms with E-state index in [2.05, 4.69) is 41.0 Å². The topological polar surface area (TPSA) is 53.7 Å². The number of aryl methyl sites for hydroxylation is 1. The Morgan fingerprint density at radius 2 is 1.87 bits per heavy atom. The van der Waals surface area contributed by atoms with Gasteiger partial charge in [-0.2, -0.15) is 0 Å². The van der Waals surface area contributed by atoms with Crippen LogP contribution in [0, 0.1) is 6.92 Å². The minimum atomic E-state index is -0.0606. The van der Waals surface area contributed by atoms with Crippen LogP contribution in [-0.2, 0) is 0 Å². The van der Waals surface area contributed by atoms with Crippen molar-refractivity contribution in [3.05, 3.63) is 58.0 Å². The number of hydrogen-bond donors (Lipinski definition) is 0. The summed E-state index contributed by atoms with van der Waals surface area (Å²) in [5, 5.41) is 1.04. The highest BCUT2D eigenvalue weighted by atomic mass is 32.1. The summed E-state index contributed by atoms with van der Waals surface area (Å²) in [6, 6.07) is 12.4. The molecule has 4 aromatic rings. The SMILES string of the molecule is Cc1nc2cc(-c3cc(=O)n4cc(N5CCC(N(C)C)CC5)ccc4n3)ccc2s1. The van der Waals surface area contributed by atoms with Gasteiger partial charge < -0.3 is 9.80 Å². The quantitative estimate of drug-likeness (QED) is 0.505. The lowest BCUT2D eigenvalue weighted by Gasteiger charge is -2.36. The molecule has 0 amide bonds. The van der Waals surface area contributed by atoms with Gasteiger partial charge in [-0.1, -0.05) is 6.07 Å². The van der Waals surface area contributed by atoms with Crippen molar-refractivity contribution in [1.82, 2.24) is 19.3 Å². The fraction of sp³-hybridized carbons (Fsp3) is 0.348. The van der Waals surface area contributed by atoms with E-state index in [-0.39, 0.29) is 5.56 Å².